The van der Waals surface area contributed by atoms with Crippen LogP contribution in [0.4, 0.5) is 0 Å². The van der Waals surface area contributed by atoms with Crippen molar-refractivity contribution >= 4 is 29.1 Å². The first-order chi connectivity index (χ1) is 10.5. The molecule has 1 heterocycles. The number of hydrogen-bond acceptors (Lipinski definition) is 5. The van der Waals surface area contributed by atoms with Crippen molar-refractivity contribution in [1.29, 1.82) is 0 Å². The molecule has 118 valence electrons. The summed E-state index contributed by atoms with van der Waals surface area (Å²) in [7, 11) is 0. The number of hydrogen-bond donors (Lipinski definition) is 1. The molecule has 0 saturated heterocycles. The maximum Gasteiger partial charge on any atom is 0.313 e. The number of carboxylic acids is 1. The van der Waals surface area contributed by atoms with Crippen LogP contribution in [0.5, 0.6) is 5.75 Å². The zero-order valence-electron chi connectivity index (χ0n) is 12.7. The zero-order chi connectivity index (χ0) is 15.9. The predicted molar refractivity (Wildman–Crippen MR) is 91.0 cm³/mol. The Kier molecular flexibility index (Phi) is 6.27. The summed E-state index contributed by atoms with van der Waals surface area (Å²) in [5.41, 5.74) is 2.18. The summed E-state index contributed by atoms with van der Waals surface area (Å²) in [4.78, 5) is 16.3. The third-order valence-corrected chi connectivity index (χ3v) is 4.92. The molecule has 0 aliphatic rings. The SMILES string of the molecule is Cc1nc(CCOc2cccc(CSCC(=O)O)c2)c(C)s1. The maximum atomic E-state index is 10.5. The van der Waals surface area contributed by atoms with Crippen molar-refractivity contribution in [1.82, 2.24) is 4.98 Å². The number of thiazole rings is 1. The van der Waals surface area contributed by atoms with Gasteiger partial charge in [0.2, 0.25) is 0 Å². The number of aliphatic carboxylic acids is 1. The molecule has 0 atom stereocenters. The number of nitrogens with zero attached hydrogens (tertiary/aromatic N) is 1. The standard InChI is InChI=1S/C16H19NO3S2/c1-11-15(17-12(2)22-11)6-7-20-14-5-3-4-13(8-14)9-21-10-16(18)19/h3-5,8H,6-7,9-10H2,1-2H3,(H,18,19). The van der Waals surface area contributed by atoms with Gasteiger partial charge in [0, 0.05) is 17.1 Å². The van der Waals surface area contributed by atoms with Crippen molar-refractivity contribution in [2.45, 2.75) is 26.0 Å². The first kappa shape index (κ1) is 16.8. The molecule has 2 rings (SSSR count). The van der Waals surface area contributed by atoms with Gasteiger partial charge in [-0.05, 0) is 31.5 Å². The van der Waals surface area contributed by atoms with Crippen molar-refractivity contribution < 1.29 is 14.6 Å². The molecule has 0 bridgehead atoms. The molecule has 0 aliphatic heterocycles. The Morgan fingerprint density at radius 1 is 1.41 bits per heavy atom. The lowest BCUT2D eigenvalue weighted by atomic mass is 10.2. The summed E-state index contributed by atoms with van der Waals surface area (Å²) in [5.74, 6) is 0.825. The van der Waals surface area contributed by atoms with Crippen LogP contribution in [0.3, 0.4) is 0 Å². The second-order valence-corrected chi connectivity index (χ2v) is 7.26. The number of aromatic nitrogens is 1. The summed E-state index contributed by atoms with van der Waals surface area (Å²) in [6.45, 7) is 4.69. The first-order valence-corrected chi connectivity index (χ1v) is 8.96. The second-order valence-electron chi connectivity index (χ2n) is 4.87. The average Bonchev–Trinajstić information content (AvgIpc) is 2.77. The number of benzene rings is 1. The fourth-order valence-corrected chi connectivity index (χ4v) is 3.61. The number of carbonyl (C=O) groups is 1. The fraction of sp³-hybridized carbons (Fsp3) is 0.375. The predicted octanol–water partition coefficient (Wildman–Crippen LogP) is 3.70. The van der Waals surface area contributed by atoms with E-state index in [1.807, 2.05) is 31.2 Å². The number of rotatable bonds is 8. The van der Waals surface area contributed by atoms with Crippen LogP contribution in [0, 0.1) is 13.8 Å². The average molecular weight is 337 g/mol. The molecule has 0 aliphatic carbocycles. The van der Waals surface area contributed by atoms with Gasteiger partial charge in [-0.2, -0.15) is 0 Å². The first-order valence-electron chi connectivity index (χ1n) is 6.99. The summed E-state index contributed by atoms with van der Waals surface area (Å²) < 4.78 is 5.78. The van der Waals surface area contributed by atoms with Crippen LogP contribution in [0.25, 0.3) is 0 Å². The van der Waals surface area contributed by atoms with E-state index in [2.05, 4.69) is 11.9 Å². The normalized spacial score (nSPS) is 10.6. The Hall–Kier alpha value is -1.53. The molecule has 0 radical (unpaired) electrons. The lowest BCUT2D eigenvalue weighted by molar-refractivity contribution is -0.133. The third kappa shape index (κ3) is 5.35. The quantitative estimate of drug-likeness (QED) is 0.796. The van der Waals surface area contributed by atoms with Crippen LogP contribution >= 0.6 is 23.1 Å². The van der Waals surface area contributed by atoms with E-state index in [9.17, 15) is 4.79 Å². The minimum absolute atomic E-state index is 0.119. The van der Waals surface area contributed by atoms with E-state index in [0.29, 0.717) is 12.4 Å². The highest BCUT2D eigenvalue weighted by Crippen LogP contribution is 2.20. The van der Waals surface area contributed by atoms with Gasteiger partial charge in [-0.1, -0.05) is 12.1 Å². The van der Waals surface area contributed by atoms with Crippen molar-refractivity contribution in [2.24, 2.45) is 0 Å². The van der Waals surface area contributed by atoms with Crippen LogP contribution in [-0.4, -0.2) is 28.4 Å². The van der Waals surface area contributed by atoms with Gasteiger partial charge in [0.1, 0.15) is 5.75 Å². The molecule has 2 aromatic rings. The van der Waals surface area contributed by atoms with Crippen LogP contribution in [0.2, 0.25) is 0 Å². The molecule has 1 aromatic heterocycles. The van der Waals surface area contributed by atoms with Crippen molar-refractivity contribution in [2.75, 3.05) is 12.4 Å². The van der Waals surface area contributed by atoms with Gasteiger partial charge in [-0.25, -0.2) is 4.98 Å². The minimum Gasteiger partial charge on any atom is -0.493 e. The molecule has 0 saturated carbocycles. The molecular formula is C16H19NO3S2. The largest absolute Gasteiger partial charge is 0.493 e. The molecule has 0 unspecified atom stereocenters. The van der Waals surface area contributed by atoms with E-state index in [1.54, 1.807) is 11.3 Å². The highest BCUT2D eigenvalue weighted by atomic mass is 32.2. The van der Waals surface area contributed by atoms with Crippen LogP contribution in [0.1, 0.15) is 21.1 Å². The summed E-state index contributed by atoms with van der Waals surface area (Å²) in [6.07, 6.45) is 0.800. The highest BCUT2D eigenvalue weighted by Gasteiger charge is 2.05. The summed E-state index contributed by atoms with van der Waals surface area (Å²) >= 11 is 3.10. The smallest absolute Gasteiger partial charge is 0.313 e. The lowest BCUT2D eigenvalue weighted by Gasteiger charge is -2.07. The molecule has 4 nitrogen and oxygen atoms in total. The fourth-order valence-electron chi connectivity index (χ4n) is 2.05. The number of thioether (sulfide) groups is 1. The lowest BCUT2D eigenvalue weighted by Crippen LogP contribution is -2.03. The highest BCUT2D eigenvalue weighted by molar-refractivity contribution is 7.99. The van der Waals surface area contributed by atoms with Gasteiger partial charge in [-0.15, -0.1) is 23.1 Å². The molecular weight excluding hydrogens is 318 g/mol. The van der Waals surface area contributed by atoms with Gasteiger partial charge in [0.05, 0.1) is 23.1 Å². The second kappa shape index (κ2) is 8.19. The number of aryl methyl sites for hydroxylation is 2. The Bertz CT molecular complexity index is 640. The molecule has 1 aromatic carbocycles. The van der Waals surface area contributed by atoms with Crippen LogP contribution < -0.4 is 4.74 Å². The number of ether oxygens (including phenoxy) is 1. The Morgan fingerprint density at radius 3 is 2.91 bits per heavy atom. The van der Waals surface area contributed by atoms with Gasteiger partial charge in [0.25, 0.3) is 0 Å². The van der Waals surface area contributed by atoms with Crippen LogP contribution in [0.15, 0.2) is 24.3 Å². The zero-order valence-corrected chi connectivity index (χ0v) is 14.3. The van der Waals surface area contributed by atoms with E-state index < -0.39 is 5.97 Å². The number of carboxylic acid groups (broad SMARTS) is 1. The molecule has 6 heteroatoms. The van der Waals surface area contributed by atoms with Gasteiger partial charge >= 0.3 is 5.97 Å². The molecule has 0 amide bonds. The Morgan fingerprint density at radius 2 is 2.23 bits per heavy atom. The monoisotopic (exact) mass is 337 g/mol. The Balaban J connectivity index is 1.82. The van der Waals surface area contributed by atoms with E-state index in [1.165, 1.54) is 16.6 Å². The molecule has 0 spiro atoms. The van der Waals surface area contributed by atoms with Crippen LogP contribution in [-0.2, 0) is 17.0 Å². The van der Waals surface area contributed by atoms with Gasteiger partial charge < -0.3 is 9.84 Å². The Labute approximate surface area is 138 Å². The molecule has 0 fully saturated rings. The minimum atomic E-state index is -0.786. The van der Waals surface area contributed by atoms with E-state index >= 15 is 0 Å². The third-order valence-electron chi connectivity index (χ3n) is 3.00. The molecule has 22 heavy (non-hydrogen) atoms. The van der Waals surface area contributed by atoms with E-state index in [4.69, 9.17) is 9.84 Å². The topological polar surface area (TPSA) is 59.4 Å². The van der Waals surface area contributed by atoms with E-state index in [-0.39, 0.29) is 5.75 Å². The van der Waals surface area contributed by atoms with Crippen molar-refractivity contribution in [3.05, 3.63) is 45.4 Å². The van der Waals surface area contributed by atoms with Gasteiger partial charge in [-0.3, -0.25) is 4.79 Å². The van der Waals surface area contributed by atoms with Crippen molar-refractivity contribution in [3.8, 4) is 5.75 Å². The molecule has 1 N–H and O–H groups in total. The van der Waals surface area contributed by atoms with E-state index in [0.717, 1.165) is 28.4 Å². The van der Waals surface area contributed by atoms with Crippen molar-refractivity contribution in [3.63, 3.8) is 0 Å². The summed E-state index contributed by atoms with van der Waals surface area (Å²) in [6, 6.07) is 7.80. The maximum absolute atomic E-state index is 10.5. The summed E-state index contributed by atoms with van der Waals surface area (Å²) in [5, 5.41) is 9.73. The van der Waals surface area contributed by atoms with Gasteiger partial charge in [0.15, 0.2) is 0 Å².